The number of aromatic nitrogens is 3. The normalized spacial score (nSPS) is 26.7. The Morgan fingerprint density at radius 3 is 2.83 bits per heavy atom. The molecule has 0 N–H and O–H groups in total. The van der Waals surface area contributed by atoms with Gasteiger partial charge in [-0.1, -0.05) is 25.0 Å². The molecular formula is C13H23N3P2. The SMILES string of the molecule is CCCC1CCc2c(nnn2C2CC(P)(P)C2)C1. The third-order valence-corrected chi connectivity index (χ3v) is 5.36. The van der Waals surface area contributed by atoms with E-state index in [1.165, 1.54) is 49.9 Å². The molecule has 5 heteroatoms. The van der Waals surface area contributed by atoms with Crippen LogP contribution >= 0.6 is 18.5 Å². The molecule has 0 radical (unpaired) electrons. The highest BCUT2D eigenvalue weighted by Gasteiger charge is 2.40. The third kappa shape index (κ3) is 2.37. The third-order valence-electron chi connectivity index (χ3n) is 4.42. The second-order valence-corrected chi connectivity index (χ2v) is 9.09. The first-order chi connectivity index (χ1) is 8.59. The van der Waals surface area contributed by atoms with Crippen LogP contribution in [-0.2, 0) is 12.8 Å². The summed E-state index contributed by atoms with van der Waals surface area (Å²) in [6.07, 6.45) is 8.68. The summed E-state index contributed by atoms with van der Waals surface area (Å²) in [6.45, 7) is 2.28. The van der Waals surface area contributed by atoms with Crippen LogP contribution in [0.3, 0.4) is 0 Å². The van der Waals surface area contributed by atoms with Crippen LogP contribution in [0.1, 0.15) is 56.5 Å². The molecule has 1 fully saturated rings. The van der Waals surface area contributed by atoms with E-state index in [-0.39, 0.29) is 0 Å². The van der Waals surface area contributed by atoms with Crippen molar-refractivity contribution in [3.63, 3.8) is 0 Å². The lowest BCUT2D eigenvalue weighted by atomic mass is 9.85. The zero-order valence-electron chi connectivity index (χ0n) is 11.1. The van der Waals surface area contributed by atoms with Gasteiger partial charge in [0, 0.05) is 4.90 Å². The first kappa shape index (κ1) is 13.0. The zero-order valence-corrected chi connectivity index (χ0v) is 13.4. The summed E-state index contributed by atoms with van der Waals surface area (Å²) >= 11 is 0. The summed E-state index contributed by atoms with van der Waals surface area (Å²) in [4.78, 5) is 0.350. The average Bonchev–Trinajstić information content (AvgIpc) is 2.69. The molecule has 3 unspecified atom stereocenters. The number of nitrogens with zero attached hydrogens (tertiary/aromatic N) is 3. The molecule has 0 spiro atoms. The highest BCUT2D eigenvalue weighted by atomic mass is 31.1. The lowest BCUT2D eigenvalue weighted by Crippen LogP contribution is -2.36. The van der Waals surface area contributed by atoms with E-state index in [4.69, 9.17) is 0 Å². The molecule has 1 saturated carbocycles. The van der Waals surface area contributed by atoms with E-state index < -0.39 is 0 Å². The van der Waals surface area contributed by atoms with Crippen LogP contribution in [0.25, 0.3) is 0 Å². The zero-order chi connectivity index (χ0) is 12.8. The Morgan fingerprint density at radius 2 is 2.17 bits per heavy atom. The molecule has 100 valence electrons. The molecule has 2 aliphatic carbocycles. The van der Waals surface area contributed by atoms with E-state index in [2.05, 4.69) is 40.4 Å². The number of hydrogen-bond donors (Lipinski definition) is 0. The highest BCUT2D eigenvalue weighted by molar-refractivity contribution is 7.40. The number of hydrogen-bond acceptors (Lipinski definition) is 2. The number of fused-ring (bicyclic) bond motifs is 1. The van der Waals surface area contributed by atoms with Crippen LogP contribution in [0, 0.1) is 5.92 Å². The monoisotopic (exact) mass is 283 g/mol. The molecule has 0 aromatic carbocycles. The van der Waals surface area contributed by atoms with Gasteiger partial charge in [-0.25, -0.2) is 4.68 Å². The van der Waals surface area contributed by atoms with Gasteiger partial charge in [-0.05, 0) is 38.0 Å². The van der Waals surface area contributed by atoms with E-state index in [0.717, 1.165) is 12.3 Å². The number of rotatable bonds is 3. The average molecular weight is 283 g/mol. The Bertz CT molecular complexity index is 433. The van der Waals surface area contributed by atoms with Gasteiger partial charge in [0.15, 0.2) is 0 Å². The maximum Gasteiger partial charge on any atom is 0.0862 e. The van der Waals surface area contributed by atoms with Crippen molar-refractivity contribution in [3.05, 3.63) is 11.4 Å². The smallest absolute Gasteiger partial charge is 0.0862 e. The van der Waals surface area contributed by atoms with Crippen LogP contribution < -0.4 is 0 Å². The fourth-order valence-electron chi connectivity index (χ4n) is 3.42. The molecule has 0 bridgehead atoms. The minimum absolute atomic E-state index is 0.350. The summed E-state index contributed by atoms with van der Waals surface area (Å²) in [5, 5.41) is 8.87. The molecule has 1 aromatic rings. The first-order valence-electron chi connectivity index (χ1n) is 7.10. The molecule has 1 aromatic heterocycles. The van der Waals surface area contributed by atoms with Gasteiger partial charge in [-0.15, -0.1) is 23.6 Å². The van der Waals surface area contributed by atoms with Crippen molar-refractivity contribution in [2.75, 3.05) is 0 Å². The topological polar surface area (TPSA) is 30.7 Å². The van der Waals surface area contributed by atoms with Crippen LogP contribution in [0.4, 0.5) is 0 Å². The molecule has 2 aliphatic rings. The summed E-state index contributed by atoms with van der Waals surface area (Å²) < 4.78 is 2.23. The van der Waals surface area contributed by atoms with Crippen molar-refractivity contribution >= 4 is 18.5 Å². The van der Waals surface area contributed by atoms with Crippen LogP contribution in [0.2, 0.25) is 0 Å². The Kier molecular flexibility index (Phi) is 3.49. The van der Waals surface area contributed by atoms with Crippen LogP contribution in [-0.4, -0.2) is 19.9 Å². The summed E-state index contributed by atoms with van der Waals surface area (Å²) in [5.74, 6) is 0.844. The van der Waals surface area contributed by atoms with E-state index in [1.54, 1.807) is 0 Å². The maximum atomic E-state index is 4.44. The molecular weight excluding hydrogens is 260 g/mol. The molecule has 1 heterocycles. The van der Waals surface area contributed by atoms with Gasteiger partial charge in [0.1, 0.15) is 0 Å². The molecule has 0 aliphatic heterocycles. The fourth-order valence-corrected chi connectivity index (χ4v) is 4.51. The fraction of sp³-hybridized carbons (Fsp3) is 0.846. The van der Waals surface area contributed by atoms with Crippen molar-refractivity contribution < 1.29 is 0 Å². The summed E-state index contributed by atoms with van der Waals surface area (Å²) in [5.41, 5.74) is 2.71. The van der Waals surface area contributed by atoms with Crippen LogP contribution in [0.15, 0.2) is 0 Å². The maximum absolute atomic E-state index is 4.44. The Morgan fingerprint density at radius 1 is 1.39 bits per heavy atom. The Balaban J connectivity index is 1.73. The van der Waals surface area contributed by atoms with Gasteiger partial charge in [0.2, 0.25) is 0 Å². The predicted octanol–water partition coefficient (Wildman–Crippen LogP) is 2.96. The largest absolute Gasteiger partial charge is 0.246 e. The van der Waals surface area contributed by atoms with Crippen molar-refractivity contribution in [1.82, 2.24) is 15.0 Å². The molecule has 0 saturated heterocycles. The predicted molar refractivity (Wildman–Crippen MR) is 80.9 cm³/mol. The summed E-state index contributed by atoms with van der Waals surface area (Å²) in [6, 6.07) is 0.582. The van der Waals surface area contributed by atoms with Gasteiger partial charge in [0.05, 0.1) is 17.4 Å². The first-order valence-corrected chi connectivity index (χ1v) is 8.25. The van der Waals surface area contributed by atoms with E-state index in [9.17, 15) is 0 Å². The second-order valence-electron chi connectivity index (χ2n) is 6.12. The summed E-state index contributed by atoms with van der Waals surface area (Å²) in [7, 11) is 5.88. The van der Waals surface area contributed by atoms with Crippen molar-refractivity contribution in [2.45, 2.75) is 62.8 Å². The van der Waals surface area contributed by atoms with Gasteiger partial charge in [-0.2, -0.15) is 0 Å². The minimum Gasteiger partial charge on any atom is -0.246 e. The van der Waals surface area contributed by atoms with Crippen molar-refractivity contribution in [1.29, 1.82) is 0 Å². The Labute approximate surface area is 114 Å². The van der Waals surface area contributed by atoms with Gasteiger partial charge in [0.25, 0.3) is 0 Å². The van der Waals surface area contributed by atoms with Gasteiger partial charge >= 0.3 is 0 Å². The van der Waals surface area contributed by atoms with Crippen LogP contribution in [0.5, 0.6) is 0 Å². The lowest BCUT2D eigenvalue weighted by molar-refractivity contribution is 0.264. The van der Waals surface area contributed by atoms with Crippen molar-refractivity contribution in [3.8, 4) is 0 Å². The van der Waals surface area contributed by atoms with Gasteiger partial charge in [-0.3, -0.25) is 0 Å². The van der Waals surface area contributed by atoms with E-state index in [0.29, 0.717) is 10.9 Å². The van der Waals surface area contributed by atoms with Crippen molar-refractivity contribution in [2.24, 2.45) is 5.92 Å². The highest BCUT2D eigenvalue weighted by Crippen LogP contribution is 2.52. The minimum atomic E-state index is 0.350. The van der Waals surface area contributed by atoms with Gasteiger partial charge < -0.3 is 0 Å². The molecule has 0 amide bonds. The quantitative estimate of drug-likeness (QED) is 0.798. The molecule has 3 nitrogen and oxygen atoms in total. The Hall–Kier alpha value is -0.000000000000000111. The molecule has 18 heavy (non-hydrogen) atoms. The molecule has 3 atom stereocenters. The van der Waals surface area contributed by atoms with E-state index in [1.807, 2.05) is 0 Å². The second kappa shape index (κ2) is 4.84. The standard InChI is InChI=1S/C13H23N3P2/c1-2-3-9-4-5-12-11(6-9)14-15-16(12)10-7-13(17,18)8-10/h9-10H,2-8,17-18H2,1H3. The lowest BCUT2D eigenvalue weighted by Gasteiger charge is -2.42. The van der Waals surface area contributed by atoms with E-state index >= 15 is 0 Å². The molecule has 3 rings (SSSR count).